The molecule has 0 aliphatic carbocycles. The molecule has 1 aromatic carbocycles. The van der Waals surface area contributed by atoms with Crippen LogP contribution < -0.4 is 5.32 Å². The average Bonchev–Trinajstić information content (AvgIpc) is 2.87. The van der Waals surface area contributed by atoms with Crippen molar-refractivity contribution in [1.82, 2.24) is 10.2 Å². The Bertz CT molecular complexity index is 745. The van der Waals surface area contributed by atoms with Crippen molar-refractivity contribution in [2.45, 2.75) is 31.3 Å². The van der Waals surface area contributed by atoms with E-state index in [9.17, 15) is 19.5 Å². The minimum Gasteiger partial charge on any atom is -0.508 e. The van der Waals surface area contributed by atoms with E-state index in [4.69, 9.17) is 9.47 Å². The topological polar surface area (TPSA) is 105 Å². The second-order valence-electron chi connectivity index (χ2n) is 7.27. The highest BCUT2D eigenvalue weighted by molar-refractivity contribution is 6.82. The number of amides is 2. The van der Waals surface area contributed by atoms with Gasteiger partial charge in [0.25, 0.3) is 5.91 Å². The summed E-state index contributed by atoms with van der Waals surface area (Å²) in [6.45, 7) is 5.94. The van der Waals surface area contributed by atoms with Crippen LogP contribution in [0.3, 0.4) is 0 Å². The number of benzene rings is 1. The third-order valence-electron chi connectivity index (χ3n) is 4.72. The van der Waals surface area contributed by atoms with Crippen molar-refractivity contribution in [3.8, 4) is 5.75 Å². The smallest absolute Gasteiger partial charge is 0.407 e. The molecule has 1 atom stereocenters. The Hall–Kier alpha value is -2.55. The van der Waals surface area contributed by atoms with Crippen LogP contribution in [0.2, 0.25) is 19.6 Å². The second-order valence-corrected chi connectivity index (χ2v) is 12.6. The van der Waals surface area contributed by atoms with Crippen molar-refractivity contribution in [3.63, 3.8) is 0 Å². The number of esters is 1. The zero-order chi connectivity index (χ0) is 19.7. The number of carbonyl (C=O) groups excluding carboxylic acids is 3. The lowest BCUT2D eigenvalue weighted by Gasteiger charge is -2.43. The lowest BCUT2D eigenvalue weighted by molar-refractivity contribution is -0.145. The maximum absolute atomic E-state index is 12.8. The summed E-state index contributed by atoms with van der Waals surface area (Å²) >= 11 is 0. The molecule has 8 nitrogen and oxygen atoms in total. The molecule has 0 fully saturated rings. The van der Waals surface area contributed by atoms with Gasteiger partial charge in [0.1, 0.15) is 10.9 Å². The summed E-state index contributed by atoms with van der Waals surface area (Å²) in [5, 5.41) is 10.9. The molecule has 142 valence electrons. The maximum Gasteiger partial charge on any atom is 0.407 e. The second kappa shape index (κ2) is 6.98. The van der Waals surface area contributed by atoms with E-state index in [-0.39, 0.29) is 24.7 Å². The van der Waals surface area contributed by atoms with Gasteiger partial charge in [-0.05, 0) is 17.7 Å². The highest BCUT2D eigenvalue weighted by Crippen LogP contribution is 2.31. The summed E-state index contributed by atoms with van der Waals surface area (Å²) in [5.74, 6) is -0.932. The fourth-order valence-electron chi connectivity index (χ4n) is 3.05. The number of alkyl carbamates (subject to hydrolysis) is 1. The molecule has 26 heavy (non-hydrogen) atoms. The summed E-state index contributed by atoms with van der Waals surface area (Å²) in [6.07, 6.45) is -0.764. The van der Waals surface area contributed by atoms with Gasteiger partial charge >= 0.3 is 12.1 Å². The van der Waals surface area contributed by atoms with Gasteiger partial charge in [0.05, 0.1) is 28.8 Å². The third-order valence-corrected chi connectivity index (χ3v) is 7.76. The number of methoxy groups -OCH3 is 2. The van der Waals surface area contributed by atoms with Gasteiger partial charge in [-0.15, -0.1) is 0 Å². The first-order chi connectivity index (χ1) is 12.1. The number of nitrogens with zero attached hydrogens (tertiary/aromatic N) is 1. The van der Waals surface area contributed by atoms with Crippen LogP contribution in [0.15, 0.2) is 18.2 Å². The van der Waals surface area contributed by atoms with Crippen LogP contribution in [0.25, 0.3) is 0 Å². The minimum absolute atomic E-state index is 0.00365. The number of hydrogen-bond donors (Lipinski definition) is 2. The first-order valence-electron chi connectivity index (χ1n) is 8.11. The summed E-state index contributed by atoms with van der Waals surface area (Å²) in [4.78, 5) is 38.9. The third kappa shape index (κ3) is 3.39. The van der Waals surface area contributed by atoms with E-state index >= 15 is 0 Å². The molecule has 1 aromatic rings. The molecule has 0 radical (unpaired) electrons. The predicted octanol–water partition coefficient (Wildman–Crippen LogP) is 1.49. The van der Waals surface area contributed by atoms with E-state index in [1.54, 1.807) is 6.07 Å². The molecule has 9 heteroatoms. The van der Waals surface area contributed by atoms with Gasteiger partial charge in [0, 0.05) is 12.1 Å². The summed E-state index contributed by atoms with van der Waals surface area (Å²) < 4.78 is 9.67. The number of carbonyl (C=O) groups is 3. The van der Waals surface area contributed by atoms with Gasteiger partial charge in [0.15, 0.2) is 0 Å². The van der Waals surface area contributed by atoms with Crippen molar-refractivity contribution in [1.29, 1.82) is 0 Å². The van der Waals surface area contributed by atoms with Crippen molar-refractivity contribution in [3.05, 3.63) is 29.3 Å². The Morgan fingerprint density at radius 2 is 1.92 bits per heavy atom. The zero-order valence-electron chi connectivity index (χ0n) is 15.6. The minimum atomic E-state index is -2.44. The normalized spacial score (nSPS) is 15.9. The molecule has 1 aliphatic heterocycles. The maximum atomic E-state index is 12.8. The van der Waals surface area contributed by atoms with Gasteiger partial charge in [-0.3, -0.25) is 4.79 Å². The molecule has 0 saturated carbocycles. The van der Waals surface area contributed by atoms with Gasteiger partial charge < -0.3 is 24.8 Å². The van der Waals surface area contributed by atoms with Gasteiger partial charge in [-0.25, -0.2) is 9.59 Å². The number of hydrogen-bond acceptors (Lipinski definition) is 6. The van der Waals surface area contributed by atoms with Gasteiger partial charge in [-0.1, -0.05) is 25.7 Å². The lowest BCUT2D eigenvalue weighted by atomic mass is 10.1. The predicted molar refractivity (Wildman–Crippen MR) is 96.5 cm³/mol. The standard InChI is InChI=1S/C17H24N2O6Si/c1-24-15(22)17(26(3,4)5,18-16(23)25-2)10-19-9-11-6-7-12(20)8-13(11)14(19)21/h6-8,20H,9-10H2,1-5H3,(H,18,23). The van der Waals surface area contributed by atoms with Crippen molar-refractivity contribution in [2.24, 2.45) is 0 Å². The number of rotatable bonds is 5. The van der Waals surface area contributed by atoms with Crippen molar-refractivity contribution >= 4 is 26.0 Å². The molecule has 2 N–H and O–H groups in total. The highest BCUT2D eigenvalue weighted by Gasteiger charge is 2.54. The van der Waals surface area contributed by atoms with E-state index in [1.165, 1.54) is 31.3 Å². The van der Waals surface area contributed by atoms with Crippen LogP contribution in [0.4, 0.5) is 4.79 Å². The Kier molecular flexibility index (Phi) is 5.31. The number of aromatic hydroxyl groups is 1. The first kappa shape index (κ1) is 19.8. The SMILES string of the molecule is COC(=O)NC(CN1Cc2ccc(O)cc2C1=O)(C(=O)OC)[Si](C)(C)C. The van der Waals surface area contributed by atoms with Crippen molar-refractivity contribution in [2.75, 3.05) is 20.8 Å². The van der Waals surface area contributed by atoms with Crippen LogP contribution in [-0.4, -0.2) is 62.0 Å². The van der Waals surface area contributed by atoms with E-state index in [2.05, 4.69) is 5.32 Å². The van der Waals surface area contributed by atoms with Crippen LogP contribution in [0.5, 0.6) is 5.75 Å². The highest BCUT2D eigenvalue weighted by atomic mass is 28.3. The summed E-state index contributed by atoms with van der Waals surface area (Å²) in [5.41, 5.74) is 1.14. The lowest BCUT2D eigenvalue weighted by Crippen LogP contribution is -2.73. The molecule has 2 rings (SSSR count). The fraction of sp³-hybridized carbons (Fsp3) is 0.471. The van der Waals surface area contributed by atoms with E-state index < -0.39 is 25.3 Å². The molecule has 0 spiro atoms. The summed E-state index contributed by atoms with van der Waals surface area (Å²) in [6, 6.07) is 4.58. The number of phenolic OH excluding ortho intramolecular Hbond substituents is 1. The van der Waals surface area contributed by atoms with Crippen LogP contribution in [0, 0.1) is 0 Å². The Labute approximate surface area is 153 Å². The number of ether oxygens (including phenoxy) is 2. The summed E-state index contributed by atoms with van der Waals surface area (Å²) in [7, 11) is 0.0132. The van der Waals surface area contributed by atoms with Crippen molar-refractivity contribution < 1.29 is 29.0 Å². The molecular weight excluding hydrogens is 356 g/mol. The molecule has 0 bridgehead atoms. The molecule has 0 saturated heterocycles. The largest absolute Gasteiger partial charge is 0.508 e. The molecule has 0 aromatic heterocycles. The Morgan fingerprint density at radius 1 is 1.27 bits per heavy atom. The number of fused-ring (bicyclic) bond motifs is 1. The van der Waals surface area contributed by atoms with Crippen LogP contribution >= 0.6 is 0 Å². The van der Waals surface area contributed by atoms with Crippen LogP contribution in [-0.2, 0) is 20.8 Å². The molecular formula is C17H24N2O6Si. The van der Waals surface area contributed by atoms with Gasteiger partial charge in [0.2, 0.25) is 0 Å². The van der Waals surface area contributed by atoms with Crippen LogP contribution in [0.1, 0.15) is 15.9 Å². The van der Waals surface area contributed by atoms with E-state index in [1.807, 2.05) is 19.6 Å². The first-order valence-corrected chi connectivity index (χ1v) is 11.6. The Balaban J connectivity index is 2.43. The molecule has 1 unspecified atom stereocenters. The molecule has 1 aliphatic rings. The average molecular weight is 380 g/mol. The molecule has 1 heterocycles. The van der Waals surface area contributed by atoms with E-state index in [0.717, 1.165) is 5.56 Å². The Morgan fingerprint density at radius 3 is 2.46 bits per heavy atom. The zero-order valence-corrected chi connectivity index (χ0v) is 16.6. The molecule has 2 amide bonds. The quantitative estimate of drug-likeness (QED) is 0.592. The monoisotopic (exact) mass is 380 g/mol. The number of phenols is 1. The van der Waals surface area contributed by atoms with Gasteiger partial charge in [-0.2, -0.15) is 0 Å². The number of nitrogens with one attached hydrogen (secondary N) is 1. The van der Waals surface area contributed by atoms with E-state index in [0.29, 0.717) is 5.56 Å². The fourth-order valence-corrected chi connectivity index (χ4v) is 4.91.